The molecule has 0 radical (unpaired) electrons. The zero-order valence-electron chi connectivity index (χ0n) is 7.88. The molecule has 1 aromatic rings. The average molecular weight is 180 g/mol. The Hall–Kier alpha value is -1.18. The number of rotatable bonds is 3. The number of halogens is 1. The van der Waals surface area contributed by atoms with Gasteiger partial charge in [-0.3, -0.25) is 9.18 Å². The summed E-state index contributed by atoms with van der Waals surface area (Å²) in [6, 6.07) is 7.06. The average Bonchev–Trinajstić information content (AvgIpc) is 2.18. The van der Waals surface area contributed by atoms with Crippen molar-refractivity contribution in [1.29, 1.82) is 0 Å². The van der Waals surface area contributed by atoms with Crippen LogP contribution in [-0.4, -0.2) is 13.0 Å². The minimum Gasteiger partial charge on any atom is -0.298 e. The Balaban J connectivity index is 3.08. The molecule has 1 nitrogen and oxygen atoms in total. The minimum absolute atomic E-state index is 0.421. The van der Waals surface area contributed by atoms with E-state index < -0.39 is 12.1 Å². The molecule has 70 valence electrons. The summed E-state index contributed by atoms with van der Waals surface area (Å²) in [6.45, 7) is 3.21. The summed E-state index contributed by atoms with van der Waals surface area (Å²) >= 11 is 0. The molecule has 0 aliphatic heterocycles. The Morgan fingerprint density at radius 2 is 2.15 bits per heavy atom. The highest BCUT2D eigenvalue weighted by molar-refractivity contribution is 5.75. The maximum atomic E-state index is 12.6. The topological polar surface area (TPSA) is 17.1 Å². The van der Waals surface area contributed by atoms with Crippen molar-refractivity contribution in [1.82, 2.24) is 0 Å². The van der Waals surface area contributed by atoms with Crippen LogP contribution in [0.1, 0.15) is 29.8 Å². The molecule has 0 amide bonds. The van der Waals surface area contributed by atoms with Crippen molar-refractivity contribution in [3.8, 4) is 0 Å². The van der Waals surface area contributed by atoms with Crippen LogP contribution in [0.3, 0.4) is 0 Å². The number of hydrogen-bond acceptors (Lipinski definition) is 1. The molecule has 0 aromatic heterocycles. The Morgan fingerprint density at radius 3 is 2.69 bits per heavy atom. The van der Waals surface area contributed by atoms with E-state index in [-0.39, 0.29) is 0 Å². The van der Waals surface area contributed by atoms with E-state index in [0.717, 1.165) is 11.8 Å². The number of carbonyl (C=O) groups excluding carboxylic acids is 1. The molecule has 0 heterocycles. The molecule has 1 rings (SSSR count). The summed E-state index contributed by atoms with van der Waals surface area (Å²) < 4.78 is 12.6. The standard InChI is InChI=1S/C11H13FO/c1-11(2,8-12)10-5-3-4-9(6-10)7-13/h3-7H,8H2,1-2H3. The predicted octanol–water partition coefficient (Wildman–Crippen LogP) is 2.75. The third kappa shape index (κ3) is 2.14. The molecule has 0 saturated heterocycles. The Morgan fingerprint density at radius 1 is 1.46 bits per heavy atom. The number of alkyl halides is 1. The van der Waals surface area contributed by atoms with Gasteiger partial charge in [0.1, 0.15) is 6.29 Å². The van der Waals surface area contributed by atoms with Gasteiger partial charge in [-0.1, -0.05) is 32.0 Å². The second-order valence-electron chi connectivity index (χ2n) is 3.76. The van der Waals surface area contributed by atoms with Gasteiger partial charge in [0, 0.05) is 11.0 Å². The van der Waals surface area contributed by atoms with E-state index in [1.807, 2.05) is 19.9 Å². The quantitative estimate of drug-likeness (QED) is 0.654. The molecule has 0 spiro atoms. The fraction of sp³-hybridized carbons (Fsp3) is 0.364. The molecule has 0 aliphatic carbocycles. The second kappa shape index (κ2) is 3.69. The Kier molecular flexibility index (Phi) is 2.81. The number of benzene rings is 1. The first-order chi connectivity index (χ1) is 6.10. The molecule has 0 atom stereocenters. The van der Waals surface area contributed by atoms with E-state index in [1.165, 1.54) is 0 Å². The van der Waals surface area contributed by atoms with Crippen LogP contribution in [0.25, 0.3) is 0 Å². The summed E-state index contributed by atoms with van der Waals surface area (Å²) in [4.78, 5) is 10.5. The van der Waals surface area contributed by atoms with Crippen molar-refractivity contribution < 1.29 is 9.18 Å². The molecule has 0 unspecified atom stereocenters. The highest BCUT2D eigenvalue weighted by Gasteiger charge is 2.20. The van der Waals surface area contributed by atoms with Crippen LogP contribution in [0.4, 0.5) is 4.39 Å². The zero-order chi connectivity index (χ0) is 9.90. The maximum absolute atomic E-state index is 12.6. The molecule has 2 heteroatoms. The van der Waals surface area contributed by atoms with Gasteiger partial charge >= 0.3 is 0 Å². The van der Waals surface area contributed by atoms with Gasteiger partial charge in [-0.15, -0.1) is 0 Å². The van der Waals surface area contributed by atoms with Gasteiger partial charge in [0.2, 0.25) is 0 Å². The third-order valence-corrected chi connectivity index (χ3v) is 2.14. The predicted molar refractivity (Wildman–Crippen MR) is 50.8 cm³/mol. The Labute approximate surface area is 77.6 Å². The van der Waals surface area contributed by atoms with E-state index in [2.05, 4.69) is 0 Å². The van der Waals surface area contributed by atoms with Gasteiger partial charge < -0.3 is 0 Å². The van der Waals surface area contributed by atoms with Crippen molar-refractivity contribution >= 4 is 6.29 Å². The normalized spacial score (nSPS) is 11.3. The first-order valence-electron chi connectivity index (χ1n) is 4.22. The number of carbonyl (C=O) groups is 1. The molecule has 0 saturated carbocycles. The van der Waals surface area contributed by atoms with Crippen molar-refractivity contribution in [3.63, 3.8) is 0 Å². The third-order valence-electron chi connectivity index (χ3n) is 2.14. The smallest absolute Gasteiger partial charge is 0.150 e. The number of hydrogen-bond donors (Lipinski definition) is 0. The van der Waals surface area contributed by atoms with Crippen LogP contribution in [0.5, 0.6) is 0 Å². The lowest BCUT2D eigenvalue weighted by molar-refractivity contribution is 0.112. The van der Waals surface area contributed by atoms with Gasteiger partial charge in [-0.25, -0.2) is 0 Å². The highest BCUT2D eigenvalue weighted by atomic mass is 19.1. The molecule has 0 aliphatic rings. The van der Waals surface area contributed by atoms with Gasteiger partial charge in [0.15, 0.2) is 0 Å². The number of aldehydes is 1. The van der Waals surface area contributed by atoms with Gasteiger partial charge in [-0.2, -0.15) is 0 Å². The molecule has 0 N–H and O–H groups in total. The van der Waals surface area contributed by atoms with E-state index >= 15 is 0 Å². The lowest BCUT2D eigenvalue weighted by Crippen LogP contribution is -2.19. The molecular weight excluding hydrogens is 167 g/mol. The van der Waals surface area contributed by atoms with Crippen LogP contribution in [0.15, 0.2) is 24.3 Å². The van der Waals surface area contributed by atoms with Crippen molar-refractivity contribution in [2.24, 2.45) is 0 Å². The van der Waals surface area contributed by atoms with Crippen LogP contribution < -0.4 is 0 Å². The zero-order valence-corrected chi connectivity index (χ0v) is 7.88. The van der Waals surface area contributed by atoms with Gasteiger partial charge in [-0.05, 0) is 11.6 Å². The summed E-state index contributed by atoms with van der Waals surface area (Å²) in [6.07, 6.45) is 0.776. The lowest BCUT2D eigenvalue weighted by atomic mass is 9.85. The SMILES string of the molecule is CC(C)(CF)c1cccc(C=O)c1. The summed E-state index contributed by atoms with van der Waals surface area (Å²) in [5.74, 6) is 0. The van der Waals surface area contributed by atoms with Crippen molar-refractivity contribution in [2.75, 3.05) is 6.67 Å². The monoisotopic (exact) mass is 180 g/mol. The molecule has 0 bridgehead atoms. The summed E-state index contributed by atoms with van der Waals surface area (Å²) in [5, 5.41) is 0. The highest BCUT2D eigenvalue weighted by Crippen LogP contribution is 2.23. The van der Waals surface area contributed by atoms with E-state index in [4.69, 9.17) is 0 Å². The van der Waals surface area contributed by atoms with Crippen LogP contribution >= 0.6 is 0 Å². The fourth-order valence-electron chi connectivity index (χ4n) is 1.11. The van der Waals surface area contributed by atoms with E-state index in [0.29, 0.717) is 5.56 Å². The fourth-order valence-corrected chi connectivity index (χ4v) is 1.11. The summed E-state index contributed by atoms with van der Waals surface area (Å²) in [7, 11) is 0. The summed E-state index contributed by atoms with van der Waals surface area (Å²) in [5.41, 5.74) is 0.956. The first-order valence-corrected chi connectivity index (χ1v) is 4.22. The Bertz CT molecular complexity index is 305. The van der Waals surface area contributed by atoms with Crippen LogP contribution in [0.2, 0.25) is 0 Å². The molecule has 1 aromatic carbocycles. The first kappa shape index (κ1) is 9.90. The van der Waals surface area contributed by atoms with Crippen LogP contribution in [0, 0.1) is 0 Å². The molecular formula is C11H13FO. The van der Waals surface area contributed by atoms with Gasteiger partial charge in [0.25, 0.3) is 0 Å². The maximum Gasteiger partial charge on any atom is 0.150 e. The molecule has 0 fully saturated rings. The lowest BCUT2D eigenvalue weighted by Gasteiger charge is -2.21. The van der Waals surface area contributed by atoms with Crippen molar-refractivity contribution in [3.05, 3.63) is 35.4 Å². The van der Waals surface area contributed by atoms with E-state index in [9.17, 15) is 9.18 Å². The second-order valence-corrected chi connectivity index (χ2v) is 3.76. The van der Waals surface area contributed by atoms with Crippen LogP contribution in [-0.2, 0) is 5.41 Å². The molecule has 13 heavy (non-hydrogen) atoms. The minimum atomic E-state index is -0.501. The van der Waals surface area contributed by atoms with Gasteiger partial charge in [0.05, 0.1) is 6.67 Å². The van der Waals surface area contributed by atoms with E-state index in [1.54, 1.807) is 18.2 Å². The van der Waals surface area contributed by atoms with Crippen molar-refractivity contribution in [2.45, 2.75) is 19.3 Å². The largest absolute Gasteiger partial charge is 0.298 e.